The van der Waals surface area contributed by atoms with Crippen LogP contribution in [0.3, 0.4) is 0 Å². The van der Waals surface area contributed by atoms with Gasteiger partial charge in [0, 0.05) is 18.7 Å². The summed E-state index contributed by atoms with van der Waals surface area (Å²) in [5, 5.41) is 5.09. The summed E-state index contributed by atoms with van der Waals surface area (Å²) < 4.78 is 52.0. The Morgan fingerprint density at radius 1 is 1.00 bits per heavy atom. The number of rotatable bonds is 5. The predicted octanol–water partition coefficient (Wildman–Crippen LogP) is 2.44. The molecular formula is C15H15F2N3O3S. The van der Waals surface area contributed by atoms with E-state index in [2.05, 4.69) is 15.4 Å². The van der Waals surface area contributed by atoms with Crippen LogP contribution in [0, 0.1) is 11.6 Å². The molecule has 24 heavy (non-hydrogen) atoms. The van der Waals surface area contributed by atoms with Gasteiger partial charge in [-0.15, -0.1) is 0 Å². The minimum Gasteiger partial charge on any atom is -0.355 e. The average molecular weight is 355 g/mol. The summed E-state index contributed by atoms with van der Waals surface area (Å²) in [6.07, 6.45) is 0.960. The first-order valence-electron chi connectivity index (χ1n) is 6.75. The van der Waals surface area contributed by atoms with E-state index in [1.54, 1.807) is 0 Å². The van der Waals surface area contributed by atoms with Gasteiger partial charge in [-0.25, -0.2) is 17.2 Å². The minimum atomic E-state index is -3.59. The van der Waals surface area contributed by atoms with Gasteiger partial charge in [-0.3, -0.25) is 9.52 Å². The lowest BCUT2D eigenvalue weighted by molar-refractivity contribution is 0.0963. The summed E-state index contributed by atoms with van der Waals surface area (Å²) in [6, 6.07) is 7.05. The summed E-state index contributed by atoms with van der Waals surface area (Å²) in [5.74, 6) is -2.00. The zero-order valence-electron chi connectivity index (χ0n) is 12.9. The van der Waals surface area contributed by atoms with Crippen LogP contribution in [-0.4, -0.2) is 27.6 Å². The molecule has 9 heteroatoms. The number of anilines is 3. The van der Waals surface area contributed by atoms with Gasteiger partial charge in [-0.05, 0) is 30.3 Å². The van der Waals surface area contributed by atoms with Gasteiger partial charge in [0.25, 0.3) is 5.91 Å². The molecule has 0 aliphatic carbocycles. The summed E-state index contributed by atoms with van der Waals surface area (Å²) in [5.41, 5.74) is 0.435. The highest BCUT2D eigenvalue weighted by atomic mass is 32.2. The predicted molar refractivity (Wildman–Crippen MR) is 87.9 cm³/mol. The second-order valence-corrected chi connectivity index (χ2v) is 6.71. The Kier molecular flexibility index (Phi) is 5.03. The molecule has 0 spiro atoms. The zero-order valence-corrected chi connectivity index (χ0v) is 13.7. The van der Waals surface area contributed by atoms with E-state index < -0.39 is 27.6 Å². The van der Waals surface area contributed by atoms with Crippen molar-refractivity contribution in [2.45, 2.75) is 0 Å². The van der Waals surface area contributed by atoms with Crippen molar-refractivity contribution in [3.05, 3.63) is 53.6 Å². The molecule has 0 atom stereocenters. The van der Waals surface area contributed by atoms with Gasteiger partial charge in [0.15, 0.2) is 0 Å². The Hall–Kier alpha value is -2.68. The van der Waals surface area contributed by atoms with Crippen LogP contribution in [0.4, 0.5) is 25.8 Å². The van der Waals surface area contributed by atoms with Gasteiger partial charge in [0.2, 0.25) is 10.0 Å². The molecule has 0 saturated carbocycles. The van der Waals surface area contributed by atoms with E-state index in [9.17, 15) is 22.0 Å². The number of nitrogens with one attached hydrogen (secondary N) is 3. The first-order valence-corrected chi connectivity index (χ1v) is 8.65. The molecule has 0 heterocycles. The number of sulfonamides is 1. The number of amides is 1. The van der Waals surface area contributed by atoms with Crippen LogP contribution in [0.2, 0.25) is 0 Å². The second kappa shape index (κ2) is 6.83. The van der Waals surface area contributed by atoms with Gasteiger partial charge in [0.1, 0.15) is 11.6 Å². The van der Waals surface area contributed by atoms with Gasteiger partial charge >= 0.3 is 0 Å². The normalized spacial score (nSPS) is 11.0. The number of hydrogen-bond acceptors (Lipinski definition) is 4. The second-order valence-electron chi connectivity index (χ2n) is 4.96. The average Bonchev–Trinajstić information content (AvgIpc) is 2.49. The molecule has 0 bridgehead atoms. The topological polar surface area (TPSA) is 87.3 Å². The van der Waals surface area contributed by atoms with E-state index in [1.807, 2.05) is 0 Å². The van der Waals surface area contributed by atoms with Crippen LogP contribution >= 0.6 is 0 Å². The van der Waals surface area contributed by atoms with Crippen molar-refractivity contribution in [3.8, 4) is 0 Å². The minimum absolute atomic E-state index is 0.0676. The lowest BCUT2D eigenvalue weighted by atomic mass is 10.1. The number of benzene rings is 2. The molecule has 3 N–H and O–H groups in total. The van der Waals surface area contributed by atoms with E-state index >= 15 is 0 Å². The van der Waals surface area contributed by atoms with Crippen LogP contribution in [-0.2, 0) is 10.0 Å². The summed E-state index contributed by atoms with van der Waals surface area (Å²) >= 11 is 0. The summed E-state index contributed by atoms with van der Waals surface area (Å²) in [7, 11) is -2.15. The van der Waals surface area contributed by atoms with Crippen molar-refractivity contribution in [2.75, 3.05) is 23.3 Å². The maximum absolute atomic E-state index is 13.8. The number of hydrogen-bond donors (Lipinski definition) is 3. The van der Waals surface area contributed by atoms with Crippen LogP contribution < -0.4 is 15.4 Å². The van der Waals surface area contributed by atoms with Crippen molar-refractivity contribution in [2.24, 2.45) is 0 Å². The Morgan fingerprint density at radius 2 is 1.67 bits per heavy atom. The monoisotopic (exact) mass is 355 g/mol. The molecule has 0 radical (unpaired) electrons. The lowest BCUT2D eigenvalue weighted by Crippen LogP contribution is -2.18. The molecule has 2 aromatic rings. The summed E-state index contributed by atoms with van der Waals surface area (Å²) in [6.45, 7) is 0. The van der Waals surface area contributed by atoms with Crippen LogP contribution in [0.15, 0.2) is 36.4 Å². The van der Waals surface area contributed by atoms with Crippen LogP contribution in [0.5, 0.6) is 0 Å². The van der Waals surface area contributed by atoms with Crippen molar-refractivity contribution < 1.29 is 22.0 Å². The fourth-order valence-electron chi connectivity index (χ4n) is 1.96. The largest absolute Gasteiger partial charge is 0.355 e. The SMILES string of the molecule is CNC(=O)c1ccc(NS(C)(=O)=O)c(Nc2ccc(F)cc2F)c1. The van der Waals surface area contributed by atoms with Gasteiger partial charge in [0.05, 0.1) is 23.3 Å². The smallest absolute Gasteiger partial charge is 0.251 e. The van der Waals surface area contributed by atoms with E-state index in [1.165, 1.54) is 31.3 Å². The molecule has 0 aliphatic rings. The Morgan fingerprint density at radius 3 is 2.25 bits per heavy atom. The van der Waals surface area contributed by atoms with Crippen molar-refractivity contribution >= 4 is 33.0 Å². The molecule has 0 unspecified atom stereocenters. The Bertz CT molecular complexity index is 886. The number of halogens is 2. The molecule has 128 valence electrons. The van der Waals surface area contributed by atoms with E-state index in [0.29, 0.717) is 6.07 Å². The fraction of sp³-hybridized carbons (Fsp3) is 0.133. The first kappa shape index (κ1) is 17.7. The maximum Gasteiger partial charge on any atom is 0.251 e. The van der Waals surface area contributed by atoms with Crippen molar-refractivity contribution in [3.63, 3.8) is 0 Å². The van der Waals surface area contributed by atoms with Gasteiger partial charge < -0.3 is 10.6 Å². The van der Waals surface area contributed by atoms with Crippen molar-refractivity contribution in [1.29, 1.82) is 0 Å². The molecular weight excluding hydrogens is 340 g/mol. The van der Waals surface area contributed by atoms with E-state index in [-0.39, 0.29) is 22.6 Å². The molecule has 2 rings (SSSR count). The number of carbonyl (C=O) groups is 1. The summed E-state index contributed by atoms with van der Waals surface area (Å²) in [4.78, 5) is 11.7. The lowest BCUT2D eigenvalue weighted by Gasteiger charge is -2.15. The third-order valence-corrected chi connectivity index (χ3v) is 3.60. The number of carbonyl (C=O) groups excluding carboxylic acids is 1. The first-order chi connectivity index (χ1) is 11.2. The Balaban J connectivity index is 2.48. The molecule has 2 aromatic carbocycles. The fourth-order valence-corrected chi connectivity index (χ4v) is 2.54. The van der Waals surface area contributed by atoms with E-state index in [0.717, 1.165) is 12.3 Å². The standard InChI is InChI=1S/C15H15F2N3O3S/c1-18-15(21)9-3-5-13(20-24(2,22)23)14(7-9)19-12-6-4-10(16)8-11(12)17/h3-8,19-20H,1-2H3,(H,18,21). The van der Waals surface area contributed by atoms with Gasteiger partial charge in [-0.2, -0.15) is 0 Å². The third-order valence-electron chi connectivity index (χ3n) is 3.00. The zero-order chi connectivity index (χ0) is 17.9. The highest BCUT2D eigenvalue weighted by molar-refractivity contribution is 7.92. The highest BCUT2D eigenvalue weighted by Crippen LogP contribution is 2.29. The van der Waals surface area contributed by atoms with Crippen LogP contribution in [0.1, 0.15) is 10.4 Å². The quantitative estimate of drug-likeness (QED) is 0.769. The molecule has 0 aliphatic heterocycles. The molecule has 6 nitrogen and oxygen atoms in total. The van der Waals surface area contributed by atoms with Gasteiger partial charge in [-0.1, -0.05) is 0 Å². The highest BCUT2D eigenvalue weighted by Gasteiger charge is 2.13. The Labute approximate surface area is 137 Å². The molecule has 0 saturated heterocycles. The third kappa shape index (κ3) is 4.42. The molecule has 0 aromatic heterocycles. The maximum atomic E-state index is 13.8. The van der Waals surface area contributed by atoms with Crippen LogP contribution in [0.25, 0.3) is 0 Å². The van der Waals surface area contributed by atoms with E-state index in [4.69, 9.17) is 0 Å². The molecule has 1 amide bonds. The van der Waals surface area contributed by atoms with Crippen molar-refractivity contribution in [1.82, 2.24) is 5.32 Å². The molecule has 0 fully saturated rings.